The van der Waals surface area contributed by atoms with E-state index in [1.54, 1.807) is 42.3 Å². The zero-order valence-electron chi connectivity index (χ0n) is 19.0. The third-order valence-corrected chi connectivity index (χ3v) is 6.61. The van der Waals surface area contributed by atoms with Crippen molar-refractivity contribution in [1.82, 2.24) is 15.2 Å². The number of ether oxygens (including phenoxy) is 2. The number of nitrogens with one attached hydrogen (secondary N) is 1. The summed E-state index contributed by atoms with van der Waals surface area (Å²) in [5, 5.41) is 13.9. The number of hydrogen-bond acceptors (Lipinski definition) is 6. The summed E-state index contributed by atoms with van der Waals surface area (Å²) >= 11 is 6.04. The number of rotatable bonds is 2. The molecule has 3 aromatic rings. The zero-order valence-corrected chi connectivity index (χ0v) is 19.8. The van der Waals surface area contributed by atoms with Gasteiger partial charge in [0.1, 0.15) is 0 Å². The molecule has 0 saturated carbocycles. The minimum absolute atomic E-state index is 0.00817. The van der Waals surface area contributed by atoms with Crippen LogP contribution in [0.3, 0.4) is 0 Å². The largest absolute Gasteiger partial charge is 0.504 e. The van der Waals surface area contributed by atoms with E-state index in [0.29, 0.717) is 41.6 Å². The Morgan fingerprint density at radius 1 is 1.14 bits per heavy atom. The van der Waals surface area contributed by atoms with Gasteiger partial charge >= 0.3 is 0 Å². The van der Waals surface area contributed by atoms with E-state index in [9.17, 15) is 14.7 Å². The van der Waals surface area contributed by atoms with Crippen LogP contribution in [-0.4, -0.2) is 53.0 Å². The van der Waals surface area contributed by atoms with Crippen molar-refractivity contribution >= 4 is 23.4 Å². The summed E-state index contributed by atoms with van der Waals surface area (Å²) in [6.07, 6.45) is 3.71. The van der Waals surface area contributed by atoms with E-state index >= 15 is 0 Å². The normalized spacial score (nSPS) is 19.4. The van der Waals surface area contributed by atoms with E-state index < -0.39 is 0 Å². The number of pyridine rings is 1. The van der Waals surface area contributed by atoms with Crippen molar-refractivity contribution in [2.24, 2.45) is 0 Å². The fourth-order valence-electron chi connectivity index (χ4n) is 4.62. The molecule has 180 valence electrons. The highest BCUT2D eigenvalue weighted by atomic mass is 35.5. The summed E-state index contributed by atoms with van der Waals surface area (Å²) in [7, 11) is 1.55. The highest BCUT2D eigenvalue weighted by molar-refractivity contribution is 6.30. The summed E-state index contributed by atoms with van der Waals surface area (Å²) in [5.74, 6) is 0.725. The number of likely N-dealkylation sites (tertiary alicyclic amines) is 1. The molecule has 35 heavy (non-hydrogen) atoms. The lowest BCUT2D eigenvalue weighted by Crippen LogP contribution is -2.40. The fraction of sp³-hybridized carbons (Fsp3) is 0.269. The van der Waals surface area contributed by atoms with Crippen LogP contribution in [0.1, 0.15) is 33.8 Å². The standard InChI is InChI=1S/C26H24ClN3O5/c1-34-22-6-4-16-10-24(22)35-23-8-15(2-5-21(23)31)3-7-25(32)29-20-14-30(13-19(16)20)26(33)17-9-18(27)12-28-11-17/h2,4-6,8-12,19-20,31H,3,7,13-14H2,1H3,(H,29,32)/t19-,20+/m0/s1. The third kappa shape index (κ3) is 4.74. The van der Waals surface area contributed by atoms with E-state index in [0.717, 1.165) is 11.1 Å². The van der Waals surface area contributed by atoms with Gasteiger partial charge in [-0.25, -0.2) is 0 Å². The van der Waals surface area contributed by atoms with Crippen molar-refractivity contribution in [3.63, 3.8) is 0 Å². The van der Waals surface area contributed by atoms with E-state index in [4.69, 9.17) is 21.1 Å². The van der Waals surface area contributed by atoms with Crippen LogP contribution >= 0.6 is 11.6 Å². The van der Waals surface area contributed by atoms with Crippen LogP contribution in [0.4, 0.5) is 0 Å². The molecule has 2 aliphatic rings. The minimum Gasteiger partial charge on any atom is -0.504 e. The lowest BCUT2D eigenvalue weighted by atomic mass is 9.93. The maximum atomic E-state index is 13.2. The molecule has 0 spiro atoms. The van der Waals surface area contributed by atoms with Crippen LogP contribution in [0.25, 0.3) is 0 Å². The number of aromatic nitrogens is 1. The van der Waals surface area contributed by atoms with E-state index in [1.165, 1.54) is 12.4 Å². The second-order valence-corrected chi connectivity index (χ2v) is 9.13. The summed E-state index contributed by atoms with van der Waals surface area (Å²) in [5.41, 5.74) is 2.13. The van der Waals surface area contributed by atoms with Gasteiger partial charge in [-0.1, -0.05) is 23.7 Å². The fourth-order valence-corrected chi connectivity index (χ4v) is 4.79. The number of phenols is 1. The molecule has 9 heteroatoms. The van der Waals surface area contributed by atoms with Crippen molar-refractivity contribution < 1.29 is 24.2 Å². The smallest absolute Gasteiger partial charge is 0.255 e. The summed E-state index contributed by atoms with van der Waals surface area (Å²) in [6.45, 7) is 0.736. The van der Waals surface area contributed by atoms with Gasteiger partial charge in [-0.2, -0.15) is 0 Å². The van der Waals surface area contributed by atoms with Crippen molar-refractivity contribution in [2.75, 3.05) is 20.2 Å². The molecule has 3 heterocycles. The average Bonchev–Trinajstić information content (AvgIpc) is 3.27. The summed E-state index contributed by atoms with van der Waals surface area (Å²) in [6, 6.07) is 11.9. The Hall–Kier alpha value is -3.78. The van der Waals surface area contributed by atoms with Crippen LogP contribution in [0.5, 0.6) is 23.0 Å². The number of halogens is 1. The topological polar surface area (TPSA) is 101 Å². The first-order valence-corrected chi connectivity index (χ1v) is 11.7. The van der Waals surface area contributed by atoms with E-state index in [2.05, 4.69) is 10.3 Å². The molecule has 1 saturated heterocycles. The quantitative estimate of drug-likeness (QED) is 0.561. The first-order valence-electron chi connectivity index (χ1n) is 11.3. The van der Waals surface area contributed by atoms with Crippen molar-refractivity contribution in [3.05, 3.63) is 76.6 Å². The number of benzene rings is 2. The van der Waals surface area contributed by atoms with Crippen LogP contribution in [-0.2, 0) is 11.2 Å². The number of aromatic hydroxyl groups is 1. The lowest BCUT2D eigenvalue weighted by molar-refractivity contribution is -0.121. The predicted octanol–water partition coefficient (Wildman–Crippen LogP) is 3.91. The van der Waals surface area contributed by atoms with Gasteiger partial charge in [-0.3, -0.25) is 14.6 Å². The van der Waals surface area contributed by atoms with Crippen LogP contribution in [0, 0.1) is 0 Å². The zero-order chi connectivity index (χ0) is 24.5. The minimum atomic E-state index is -0.294. The molecule has 2 amide bonds. The molecule has 8 nitrogen and oxygen atoms in total. The Morgan fingerprint density at radius 3 is 2.80 bits per heavy atom. The molecule has 0 radical (unpaired) electrons. The Morgan fingerprint density at radius 2 is 2.00 bits per heavy atom. The lowest BCUT2D eigenvalue weighted by Gasteiger charge is -2.21. The van der Waals surface area contributed by atoms with E-state index in [-0.39, 0.29) is 41.7 Å². The number of nitrogens with zero attached hydrogens (tertiary/aromatic N) is 2. The number of methoxy groups -OCH3 is 1. The van der Waals surface area contributed by atoms with Gasteiger partial charge in [-0.05, 0) is 47.9 Å². The molecule has 0 aliphatic carbocycles. The highest BCUT2D eigenvalue weighted by Gasteiger charge is 2.38. The van der Waals surface area contributed by atoms with Crippen molar-refractivity contribution in [2.45, 2.75) is 24.8 Å². The molecule has 0 unspecified atom stereocenters. The van der Waals surface area contributed by atoms with Gasteiger partial charge < -0.3 is 24.8 Å². The molecule has 4 bridgehead atoms. The number of aryl methyl sites for hydroxylation is 1. The predicted molar refractivity (Wildman–Crippen MR) is 129 cm³/mol. The third-order valence-electron chi connectivity index (χ3n) is 6.41. The maximum Gasteiger partial charge on any atom is 0.255 e. The molecular weight excluding hydrogens is 470 g/mol. The molecule has 2 aromatic carbocycles. The first-order chi connectivity index (χ1) is 16.9. The Bertz CT molecular complexity index is 1300. The highest BCUT2D eigenvalue weighted by Crippen LogP contribution is 2.40. The Labute approximate surface area is 207 Å². The Balaban J connectivity index is 1.53. The molecule has 1 aromatic heterocycles. The molecule has 1 fully saturated rings. The molecular formula is C26H24ClN3O5. The van der Waals surface area contributed by atoms with E-state index in [1.807, 2.05) is 12.1 Å². The van der Waals surface area contributed by atoms with Crippen molar-refractivity contribution in [1.29, 1.82) is 0 Å². The van der Waals surface area contributed by atoms with Gasteiger partial charge in [0.2, 0.25) is 5.91 Å². The number of amides is 2. The van der Waals surface area contributed by atoms with Crippen LogP contribution in [0.2, 0.25) is 5.02 Å². The Kier molecular flexibility index (Phi) is 6.21. The second-order valence-electron chi connectivity index (χ2n) is 8.70. The van der Waals surface area contributed by atoms with Gasteiger partial charge in [-0.15, -0.1) is 0 Å². The number of carbonyl (C=O) groups excluding carboxylic acids is 2. The average molecular weight is 494 g/mol. The van der Waals surface area contributed by atoms with Gasteiger partial charge in [0.15, 0.2) is 23.0 Å². The van der Waals surface area contributed by atoms with Crippen LogP contribution in [0.15, 0.2) is 54.9 Å². The summed E-state index contributed by atoms with van der Waals surface area (Å²) < 4.78 is 11.6. The van der Waals surface area contributed by atoms with Gasteiger partial charge in [0.25, 0.3) is 5.91 Å². The maximum absolute atomic E-state index is 13.2. The number of hydrogen-bond donors (Lipinski definition) is 2. The van der Waals surface area contributed by atoms with Gasteiger partial charge in [0.05, 0.1) is 23.7 Å². The number of phenolic OH excluding ortho intramolecular Hbond substituents is 1. The molecule has 2 aliphatic heterocycles. The van der Waals surface area contributed by atoms with Crippen LogP contribution < -0.4 is 14.8 Å². The summed E-state index contributed by atoms with van der Waals surface area (Å²) in [4.78, 5) is 31.8. The second kappa shape index (κ2) is 9.46. The molecule has 5 rings (SSSR count). The monoisotopic (exact) mass is 493 g/mol. The number of fused-ring (bicyclic) bond motifs is 6. The van der Waals surface area contributed by atoms with Gasteiger partial charge in [0, 0.05) is 37.8 Å². The molecule has 2 atom stereocenters. The number of carbonyl (C=O) groups is 2. The SMILES string of the molecule is COc1ccc2cc1Oc1cc(ccc1O)CCC(=O)N[C@@H]1CN(C(=O)c3cncc(Cl)c3)C[C@@H]21. The van der Waals surface area contributed by atoms with Crippen molar-refractivity contribution in [3.8, 4) is 23.0 Å². The first kappa shape index (κ1) is 23.0. The molecule has 2 N–H and O–H groups in total.